The van der Waals surface area contributed by atoms with E-state index in [1.54, 1.807) is 18.2 Å². The van der Waals surface area contributed by atoms with Crippen LogP contribution in [0.1, 0.15) is 16.1 Å². The highest BCUT2D eigenvalue weighted by Gasteiger charge is 2.40. The molecular formula is C23H13ClF4N2O2. The van der Waals surface area contributed by atoms with E-state index in [1.165, 1.54) is 48.5 Å². The van der Waals surface area contributed by atoms with Gasteiger partial charge in [-0.2, -0.15) is 13.2 Å². The van der Waals surface area contributed by atoms with Crippen molar-refractivity contribution in [2.75, 3.05) is 5.32 Å². The lowest BCUT2D eigenvalue weighted by Crippen LogP contribution is -2.13. The van der Waals surface area contributed by atoms with E-state index in [9.17, 15) is 22.4 Å². The molecule has 0 saturated carbocycles. The Kier molecular flexibility index (Phi) is 5.71. The van der Waals surface area contributed by atoms with Gasteiger partial charge in [0.2, 0.25) is 11.7 Å². The summed E-state index contributed by atoms with van der Waals surface area (Å²) in [5.41, 5.74) is 0.327. The highest BCUT2D eigenvalue weighted by atomic mass is 35.5. The largest absolute Gasteiger partial charge is 0.451 e. The molecule has 0 unspecified atom stereocenters. The first-order valence-electron chi connectivity index (χ1n) is 9.22. The van der Waals surface area contributed by atoms with Crippen molar-refractivity contribution < 1.29 is 26.8 Å². The van der Waals surface area contributed by atoms with E-state index in [4.69, 9.17) is 16.0 Å². The molecule has 1 aromatic heterocycles. The molecule has 162 valence electrons. The van der Waals surface area contributed by atoms with E-state index in [1.807, 2.05) is 0 Å². The van der Waals surface area contributed by atoms with Gasteiger partial charge in [-0.15, -0.1) is 0 Å². The van der Waals surface area contributed by atoms with E-state index >= 15 is 0 Å². The Balaban J connectivity index is 1.60. The van der Waals surface area contributed by atoms with Crippen molar-refractivity contribution in [3.63, 3.8) is 0 Å². The Hall–Kier alpha value is -3.65. The van der Waals surface area contributed by atoms with Crippen LogP contribution in [0.2, 0.25) is 5.02 Å². The molecule has 1 heterocycles. The van der Waals surface area contributed by atoms with Gasteiger partial charge in [0.15, 0.2) is 0 Å². The van der Waals surface area contributed by atoms with Gasteiger partial charge in [-0.05, 0) is 42.5 Å². The third kappa shape index (κ3) is 4.50. The molecule has 0 aliphatic heterocycles. The van der Waals surface area contributed by atoms with Crippen molar-refractivity contribution in [3.8, 4) is 22.7 Å². The van der Waals surface area contributed by atoms with Gasteiger partial charge >= 0.3 is 6.18 Å². The zero-order chi connectivity index (χ0) is 22.9. The number of nitrogens with zero attached hydrogens (tertiary/aromatic N) is 1. The maximum atomic E-state index is 13.9. The fourth-order valence-electron chi connectivity index (χ4n) is 3.00. The van der Waals surface area contributed by atoms with Crippen molar-refractivity contribution in [2.24, 2.45) is 0 Å². The SMILES string of the molecule is O=C(Nc1ccc(-c2nc(-c3ccccc3)c(C(F)(F)F)o2)cc1)c1ccc(Cl)cc1F. The molecule has 1 amide bonds. The van der Waals surface area contributed by atoms with Crippen molar-refractivity contribution in [2.45, 2.75) is 6.18 Å². The molecule has 0 bridgehead atoms. The first kappa shape index (κ1) is 21.6. The fourth-order valence-corrected chi connectivity index (χ4v) is 3.15. The van der Waals surface area contributed by atoms with Crippen molar-refractivity contribution in [1.29, 1.82) is 0 Å². The van der Waals surface area contributed by atoms with Gasteiger partial charge < -0.3 is 9.73 Å². The zero-order valence-corrected chi connectivity index (χ0v) is 16.8. The van der Waals surface area contributed by atoms with Gasteiger partial charge in [0.1, 0.15) is 11.5 Å². The maximum Gasteiger partial charge on any atom is 0.451 e. The summed E-state index contributed by atoms with van der Waals surface area (Å²) in [7, 11) is 0. The Labute approximate surface area is 184 Å². The molecule has 4 nitrogen and oxygen atoms in total. The van der Waals surface area contributed by atoms with Crippen molar-refractivity contribution in [3.05, 3.63) is 95.0 Å². The quantitative estimate of drug-likeness (QED) is 0.331. The lowest BCUT2D eigenvalue weighted by molar-refractivity contribution is -0.152. The van der Waals surface area contributed by atoms with Gasteiger partial charge in [0.25, 0.3) is 5.91 Å². The van der Waals surface area contributed by atoms with Crippen LogP contribution in [0.25, 0.3) is 22.7 Å². The number of alkyl halides is 3. The molecule has 3 aromatic carbocycles. The summed E-state index contributed by atoms with van der Waals surface area (Å²) in [5, 5.41) is 2.67. The summed E-state index contributed by atoms with van der Waals surface area (Å²) in [5.74, 6) is -2.90. The highest BCUT2D eigenvalue weighted by Crippen LogP contribution is 2.39. The number of amides is 1. The second kappa shape index (κ2) is 8.47. The molecule has 4 rings (SSSR count). The molecule has 9 heteroatoms. The van der Waals surface area contributed by atoms with Crippen LogP contribution in [0.4, 0.5) is 23.2 Å². The molecule has 1 N–H and O–H groups in total. The lowest BCUT2D eigenvalue weighted by atomic mass is 10.1. The van der Waals surface area contributed by atoms with Gasteiger partial charge in [-0.3, -0.25) is 4.79 Å². The summed E-state index contributed by atoms with van der Waals surface area (Å²) in [4.78, 5) is 16.3. The van der Waals surface area contributed by atoms with Crippen LogP contribution in [-0.2, 0) is 6.18 Å². The molecule has 0 fully saturated rings. The summed E-state index contributed by atoms with van der Waals surface area (Å²) in [6.07, 6.45) is -4.73. The number of benzene rings is 3. The standard InChI is InChI=1S/C23H13ClF4N2O2/c24-15-8-11-17(18(25)12-15)21(31)29-16-9-6-14(7-10-16)22-30-19(13-4-2-1-3-5-13)20(32-22)23(26,27)28/h1-12H,(H,29,31). The van der Waals surface area contributed by atoms with Gasteiger partial charge in [0.05, 0.1) is 5.56 Å². The molecular weight excluding hydrogens is 448 g/mol. The summed E-state index contributed by atoms with van der Waals surface area (Å²) < 4.78 is 59.4. The number of halogens is 5. The Morgan fingerprint density at radius 3 is 2.25 bits per heavy atom. The van der Waals surface area contributed by atoms with Crippen LogP contribution < -0.4 is 5.32 Å². The summed E-state index contributed by atoms with van der Waals surface area (Å²) in [6.45, 7) is 0. The number of aromatic nitrogens is 1. The van der Waals surface area contributed by atoms with Crippen LogP contribution >= 0.6 is 11.6 Å². The molecule has 0 atom stereocenters. The van der Waals surface area contributed by atoms with Crippen molar-refractivity contribution in [1.82, 2.24) is 4.98 Å². The average Bonchev–Trinajstić information content (AvgIpc) is 3.21. The van der Waals surface area contributed by atoms with Gasteiger partial charge in [-0.25, -0.2) is 9.37 Å². The van der Waals surface area contributed by atoms with E-state index in [-0.39, 0.29) is 33.3 Å². The minimum absolute atomic E-state index is 0.155. The first-order valence-corrected chi connectivity index (χ1v) is 9.60. The normalized spacial score (nSPS) is 11.4. The Morgan fingerprint density at radius 2 is 1.62 bits per heavy atom. The number of carbonyl (C=O) groups is 1. The van der Waals surface area contributed by atoms with Crippen LogP contribution in [0, 0.1) is 5.82 Å². The topological polar surface area (TPSA) is 55.1 Å². The van der Waals surface area contributed by atoms with E-state index < -0.39 is 23.7 Å². The predicted molar refractivity (Wildman–Crippen MR) is 112 cm³/mol. The van der Waals surface area contributed by atoms with Crippen LogP contribution in [0.15, 0.2) is 77.2 Å². The lowest BCUT2D eigenvalue weighted by Gasteiger charge is -2.07. The van der Waals surface area contributed by atoms with Crippen molar-refractivity contribution >= 4 is 23.2 Å². The summed E-state index contributed by atoms with van der Waals surface area (Å²) >= 11 is 5.68. The number of nitrogens with one attached hydrogen (secondary N) is 1. The second-order valence-electron chi connectivity index (χ2n) is 6.72. The smallest absolute Gasteiger partial charge is 0.431 e. The maximum absolute atomic E-state index is 13.9. The molecule has 0 radical (unpaired) electrons. The monoisotopic (exact) mass is 460 g/mol. The minimum Gasteiger partial charge on any atom is -0.431 e. The second-order valence-corrected chi connectivity index (χ2v) is 7.15. The third-order valence-corrected chi connectivity index (χ3v) is 4.73. The zero-order valence-electron chi connectivity index (χ0n) is 16.1. The number of hydrogen-bond acceptors (Lipinski definition) is 3. The van der Waals surface area contributed by atoms with Gasteiger partial charge in [0, 0.05) is 21.8 Å². The van der Waals surface area contributed by atoms with E-state index in [0.29, 0.717) is 5.69 Å². The van der Waals surface area contributed by atoms with Crippen LogP contribution in [0.3, 0.4) is 0 Å². The fraction of sp³-hybridized carbons (Fsp3) is 0.0435. The van der Waals surface area contributed by atoms with E-state index in [2.05, 4.69) is 10.3 Å². The highest BCUT2D eigenvalue weighted by molar-refractivity contribution is 6.30. The molecule has 0 saturated heterocycles. The molecule has 4 aromatic rings. The van der Waals surface area contributed by atoms with Crippen LogP contribution in [-0.4, -0.2) is 10.9 Å². The molecule has 0 aliphatic rings. The molecule has 32 heavy (non-hydrogen) atoms. The predicted octanol–water partition coefficient (Wildman–Crippen LogP) is 7.07. The Morgan fingerprint density at radius 1 is 0.938 bits per heavy atom. The first-order chi connectivity index (χ1) is 15.2. The Bertz CT molecular complexity index is 1270. The number of oxazole rings is 1. The van der Waals surface area contributed by atoms with Crippen LogP contribution in [0.5, 0.6) is 0 Å². The number of anilines is 1. The average molecular weight is 461 g/mol. The summed E-state index contributed by atoms with van der Waals surface area (Å²) in [6, 6.07) is 17.3. The number of rotatable bonds is 4. The molecule has 0 aliphatic carbocycles. The van der Waals surface area contributed by atoms with Gasteiger partial charge in [-0.1, -0.05) is 41.9 Å². The van der Waals surface area contributed by atoms with E-state index in [0.717, 1.165) is 6.07 Å². The number of hydrogen-bond donors (Lipinski definition) is 1. The number of carbonyl (C=O) groups excluding carboxylic acids is 1. The molecule has 0 spiro atoms. The minimum atomic E-state index is -4.73. The third-order valence-electron chi connectivity index (χ3n) is 4.50.